The molecule has 3 aromatic rings. The maximum absolute atomic E-state index is 13.5. The maximum Gasteiger partial charge on any atom is 0.297 e. The third kappa shape index (κ3) is 3.63. The molecule has 1 aromatic carbocycles. The number of pyridine rings is 2. The molecule has 8 nitrogen and oxygen atoms in total. The molecule has 1 fully saturated rings. The lowest BCUT2D eigenvalue weighted by Crippen LogP contribution is -2.29. The normalized spacial score (nSPS) is 16.3. The Morgan fingerprint density at radius 1 is 1.00 bits per heavy atom. The van der Waals surface area contributed by atoms with Crippen molar-refractivity contribution in [2.75, 3.05) is 13.2 Å². The summed E-state index contributed by atoms with van der Waals surface area (Å²) in [6.07, 6.45) is 4.91. The van der Waals surface area contributed by atoms with Crippen molar-refractivity contribution < 1.29 is 9.13 Å². The van der Waals surface area contributed by atoms with Crippen LogP contribution in [0.4, 0.5) is 4.39 Å². The van der Waals surface area contributed by atoms with E-state index >= 15 is 0 Å². The van der Waals surface area contributed by atoms with Gasteiger partial charge in [0.05, 0.1) is 19.2 Å². The number of hydrogen-bond donors (Lipinski definition) is 0. The molecule has 34 heavy (non-hydrogen) atoms. The zero-order valence-electron chi connectivity index (χ0n) is 18.3. The molecule has 1 atom stereocenters. The summed E-state index contributed by atoms with van der Waals surface area (Å²) in [6.45, 7) is 1.62. The first-order valence-electron chi connectivity index (χ1n) is 11.2. The molecular weight excluding hydrogens is 435 g/mol. The minimum Gasteiger partial charge on any atom is -0.379 e. The second kappa shape index (κ2) is 8.42. The van der Waals surface area contributed by atoms with Gasteiger partial charge in [-0.2, -0.15) is 14.6 Å². The Morgan fingerprint density at radius 2 is 1.88 bits per heavy atom. The van der Waals surface area contributed by atoms with E-state index < -0.39 is 5.95 Å². The Bertz CT molecular complexity index is 1500. The van der Waals surface area contributed by atoms with E-state index in [-0.39, 0.29) is 11.6 Å². The lowest BCUT2D eigenvalue weighted by molar-refractivity contribution is 0.0540. The third-order valence-corrected chi connectivity index (χ3v) is 6.18. The highest BCUT2D eigenvalue weighted by atomic mass is 19.1. The molecule has 0 bridgehead atoms. The molecular formula is C25H21FN6O2. The van der Waals surface area contributed by atoms with Gasteiger partial charge in [-0.1, -0.05) is 24.3 Å². The molecule has 3 aliphatic rings. The summed E-state index contributed by atoms with van der Waals surface area (Å²) < 4.78 is 22.3. The van der Waals surface area contributed by atoms with Crippen molar-refractivity contribution in [3.63, 3.8) is 0 Å². The van der Waals surface area contributed by atoms with Crippen molar-refractivity contribution in [1.82, 2.24) is 29.5 Å². The molecule has 1 saturated heterocycles. The number of rotatable bonds is 4. The molecule has 0 spiro atoms. The first kappa shape index (κ1) is 20.6. The Balaban J connectivity index is 1.40. The lowest BCUT2D eigenvalue weighted by Gasteiger charge is -2.21. The van der Waals surface area contributed by atoms with Crippen LogP contribution in [0.25, 0.3) is 33.5 Å². The van der Waals surface area contributed by atoms with Crippen LogP contribution < -0.4 is 5.56 Å². The van der Waals surface area contributed by atoms with Crippen molar-refractivity contribution >= 4 is 11.0 Å². The zero-order chi connectivity index (χ0) is 23.1. The smallest absolute Gasteiger partial charge is 0.297 e. The van der Waals surface area contributed by atoms with Crippen molar-refractivity contribution in [3.05, 3.63) is 82.8 Å². The average molecular weight is 456 g/mol. The summed E-state index contributed by atoms with van der Waals surface area (Å²) in [7, 11) is 0. The number of aromatic nitrogens is 6. The molecule has 3 aliphatic heterocycles. The van der Waals surface area contributed by atoms with Gasteiger partial charge in [0.1, 0.15) is 5.69 Å². The minimum atomic E-state index is -0.513. The van der Waals surface area contributed by atoms with Crippen molar-refractivity contribution in [1.29, 1.82) is 0 Å². The topological polar surface area (TPSA) is 87.7 Å². The van der Waals surface area contributed by atoms with Crippen LogP contribution in [0.5, 0.6) is 0 Å². The van der Waals surface area contributed by atoms with Gasteiger partial charge < -0.3 is 4.74 Å². The van der Waals surface area contributed by atoms with Gasteiger partial charge in [0, 0.05) is 30.5 Å². The molecule has 0 saturated carbocycles. The maximum atomic E-state index is 13.5. The summed E-state index contributed by atoms with van der Waals surface area (Å²) in [5, 5.41) is 10.1. The van der Waals surface area contributed by atoms with E-state index in [9.17, 15) is 9.18 Å². The van der Waals surface area contributed by atoms with E-state index in [1.807, 2.05) is 36.4 Å². The van der Waals surface area contributed by atoms with Crippen LogP contribution in [-0.4, -0.2) is 42.7 Å². The fraction of sp³-hybridized carbons (Fsp3) is 0.240. The fourth-order valence-corrected chi connectivity index (χ4v) is 4.47. The average Bonchev–Trinajstić information content (AvgIpc) is 3.21. The van der Waals surface area contributed by atoms with E-state index in [0.29, 0.717) is 36.8 Å². The van der Waals surface area contributed by atoms with Gasteiger partial charge in [-0.15, -0.1) is 0 Å². The monoisotopic (exact) mass is 456 g/mol. The highest BCUT2D eigenvalue weighted by Gasteiger charge is 2.27. The van der Waals surface area contributed by atoms with Gasteiger partial charge in [0.25, 0.3) is 5.56 Å². The molecule has 0 radical (unpaired) electrons. The fourth-order valence-electron chi connectivity index (χ4n) is 4.47. The molecule has 2 aromatic heterocycles. The van der Waals surface area contributed by atoms with Crippen LogP contribution in [0.2, 0.25) is 0 Å². The van der Waals surface area contributed by atoms with Crippen LogP contribution in [0.3, 0.4) is 0 Å². The van der Waals surface area contributed by atoms with Crippen LogP contribution in [-0.2, 0) is 11.3 Å². The van der Waals surface area contributed by atoms with Crippen molar-refractivity contribution in [2.24, 2.45) is 0 Å². The van der Waals surface area contributed by atoms with Crippen molar-refractivity contribution in [2.45, 2.75) is 25.4 Å². The van der Waals surface area contributed by atoms with Gasteiger partial charge in [-0.25, -0.2) is 19.3 Å². The van der Waals surface area contributed by atoms with E-state index in [4.69, 9.17) is 4.74 Å². The number of ether oxygens (including phenoxy) is 1. The first-order chi connectivity index (χ1) is 16.7. The number of benzene rings is 1. The first-order valence-corrected chi connectivity index (χ1v) is 11.2. The summed E-state index contributed by atoms with van der Waals surface area (Å²) >= 11 is 0. The Morgan fingerprint density at radius 3 is 2.68 bits per heavy atom. The number of hydrogen-bond acceptors (Lipinski definition) is 6. The van der Waals surface area contributed by atoms with Crippen LogP contribution in [0, 0.1) is 5.95 Å². The largest absolute Gasteiger partial charge is 0.379 e. The molecule has 9 heteroatoms. The van der Waals surface area contributed by atoms with E-state index in [0.717, 1.165) is 34.9 Å². The molecule has 1 unspecified atom stereocenters. The molecule has 5 heterocycles. The SMILES string of the molecule is O=c1c2nn(Cc3ccc(-c4ccnc(F)c4)cc3)c3ncccc3c-2nn1C1CCCOC1. The second-order valence-corrected chi connectivity index (χ2v) is 8.41. The van der Waals surface area contributed by atoms with Gasteiger partial charge >= 0.3 is 0 Å². The number of nitrogens with zero attached hydrogens (tertiary/aromatic N) is 6. The molecule has 6 rings (SSSR count). The summed E-state index contributed by atoms with van der Waals surface area (Å²) in [5.41, 5.74) is 3.95. The molecule has 0 N–H and O–H groups in total. The summed E-state index contributed by atoms with van der Waals surface area (Å²) in [4.78, 5) is 21.4. The van der Waals surface area contributed by atoms with Gasteiger partial charge in [-0.3, -0.25) is 4.79 Å². The molecule has 0 amide bonds. The predicted molar refractivity (Wildman–Crippen MR) is 124 cm³/mol. The molecule has 170 valence electrons. The highest BCUT2D eigenvalue weighted by Crippen LogP contribution is 2.27. The molecule has 0 aliphatic carbocycles. The summed E-state index contributed by atoms with van der Waals surface area (Å²) in [6, 6.07) is 14.6. The highest BCUT2D eigenvalue weighted by molar-refractivity contribution is 5.89. The van der Waals surface area contributed by atoms with Gasteiger partial charge in [0.2, 0.25) is 5.95 Å². The minimum absolute atomic E-state index is 0.0822. The van der Waals surface area contributed by atoms with Crippen LogP contribution >= 0.6 is 0 Å². The Labute approximate surface area is 194 Å². The predicted octanol–water partition coefficient (Wildman–Crippen LogP) is 3.69. The van der Waals surface area contributed by atoms with Crippen LogP contribution in [0.1, 0.15) is 24.4 Å². The third-order valence-electron chi connectivity index (χ3n) is 6.18. The number of fused-ring (bicyclic) bond motifs is 3. The quantitative estimate of drug-likeness (QED) is 0.383. The second-order valence-electron chi connectivity index (χ2n) is 8.41. The summed E-state index contributed by atoms with van der Waals surface area (Å²) in [5.74, 6) is -0.513. The van der Waals surface area contributed by atoms with Gasteiger partial charge in [0.15, 0.2) is 11.3 Å². The Hall–Kier alpha value is -3.98. The number of halogens is 1. The van der Waals surface area contributed by atoms with Gasteiger partial charge in [-0.05, 0) is 47.7 Å². The standard InChI is InChI=1S/C25H21FN6O2/c26-21-13-18(9-11-27-21)17-7-5-16(6-8-17)14-31-24-20(4-1-10-28-24)22-23(29-31)25(33)32(30-22)19-3-2-12-34-15-19/h1,4-11,13,19H,2-3,12,14-15H2. The van der Waals surface area contributed by atoms with Crippen molar-refractivity contribution in [3.8, 4) is 22.5 Å². The van der Waals surface area contributed by atoms with Crippen LogP contribution in [0.15, 0.2) is 65.7 Å². The Kier molecular flexibility index (Phi) is 5.10. The van der Waals surface area contributed by atoms with E-state index in [1.165, 1.54) is 16.9 Å². The zero-order valence-corrected chi connectivity index (χ0v) is 18.3. The van der Waals surface area contributed by atoms with E-state index in [2.05, 4.69) is 20.2 Å². The van der Waals surface area contributed by atoms with E-state index in [1.54, 1.807) is 16.9 Å². The lowest BCUT2D eigenvalue weighted by atomic mass is 10.1.